The van der Waals surface area contributed by atoms with E-state index in [0.717, 1.165) is 11.3 Å². The summed E-state index contributed by atoms with van der Waals surface area (Å²) < 4.78 is 6.71. The SMILES string of the molecule is COc1cccc(CNc2c([N+](=O)[O-])ncn2C)c1. The van der Waals surface area contributed by atoms with Crippen LogP contribution in [0.2, 0.25) is 0 Å². The van der Waals surface area contributed by atoms with Crippen LogP contribution in [0, 0.1) is 10.1 Å². The minimum Gasteiger partial charge on any atom is -0.497 e. The molecule has 0 saturated carbocycles. The first-order chi connectivity index (χ1) is 9.11. The van der Waals surface area contributed by atoms with Gasteiger partial charge in [-0.25, -0.2) is 0 Å². The number of rotatable bonds is 5. The molecule has 2 aromatic rings. The van der Waals surface area contributed by atoms with Gasteiger partial charge in [0.15, 0.2) is 0 Å². The number of hydrogen-bond donors (Lipinski definition) is 1. The predicted octanol–water partition coefficient (Wildman–Crippen LogP) is 1.95. The number of benzene rings is 1. The van der Waals surface area contributed by atoms with Crippen molar-refractivity contribution in [2.75, 3.05) is 12.4 Å². The molecule has 7 heteroatoms. The first-order valence-electron chi connectivity index (χ1n) is 5.64. The van der Waals surface area contributed by atoms with Crippen LogP contribution in [0.5, 0.6) is 5.75 Å². The van der Waals surface area contributed by atoms with Crippen molar-refractivity contribution in [2.24, 2.45) is 7.05 Å². The molecule has 0 radical (unpaired) electrons. The van der Waals surface area contributed by atoms with Crippen LogP contribution in [0.4, 0.5) is 11.6 Å². The van der Waals surface area contributed by atoms with E-state index in [2.05, 4.69) is 10.3 Å². The number of aromatic nitrogens is 2. The summed E-state index contributed by atoms with van der Waals surface area (Å²) in [5, 5.41) is 13.8. The van der Waals surface area contributed by atoms with Gasteiger partial charge in [-0.3, -0.25) is 4.57 Å². The zero-order chi connectivity index (χ0) is 13.8. The number of methoxy groups -OCH3 is 1. The summed E-state index contributed by atoms with van der Waals surface area (Å²) in [5.41, 5.74) is 0.967. The molecule has 0 amide bonds. The quantitative estimate of drug-likeness (QED) is 0.657. The summed E-state index contributed by atoms with van der Waals surface area (Å²) in [6, 6.07) is 7.50. The van der Waals surface area contributed by atoms with Crippen LogP contribution in [0.15, 0.2) is 30.6 Å². The molecule has 1 aromatic heterocycles. The van der Waals surface area contributed by atoms with Crippen molar-refractivity contribution >= 4 is 11.6 Å². The molecule has 0 aliphatic rings. The minimum atomic E-state index is -0.506. The number of aryl methyl sites for hydroxylation is 1. The van der Waals surface area contributed by atoms with E-state index in [1.165, 1.54) is 6.33 Å². The molecular formula is C12H14N4O3. The fourth-order valence-electron chi connectivity index (χ4n) is 1.72. The average Bonchev–Trinajstić information content (AvgIpc) is 2.78. The third kappa shape index (κ3) is 2.82. The zero-order valence-electron chi connectivity index (χ0n) is 10.7. The van der Waals surface area contributed by atoms with Crippen LogP contribution < -0.4 is 10.1 Å². The van der Waals surface area contributed by atoms with E-state index in [0.29, 0.717) is 12.4 Å². The average molecular weight is 262 g/mol. The molecule has 1 heterocycles. The smallest absolute Gasteiger partial charge is 0.406 e. The van der Waals surface area contributed by atoms with Crippen molar-refractivity contribution in [3.8, 4) is 5.75 Å². The number of nitrogens with one attached hydrogen (secondary N) is 1. The molecule has 0 unspecified atom stereocenters. The Hall–Kier alpha value is -2.57. The molecule has 1 N–H and O–H groups in total. The Labute approximate surface area is 110 Å². The Morgan fingerprint density at radius 1 is 1.53 bits per heavy atom. The fourth-order valence-corrected chi connectivity index (χ4v) is 1.72. The Balaban J connectivity index is 2.14. The molecule has 0 fully saturated rings. The maximum Gasteiger partial charge on any atom is 0.406 e. The second kappa shape index (κ2) is 5.38. The summed E-state index contributed by atoms with van der Waals surface area (Å²) in [6.07, 6.45) is 1.41. The maximum absolute atomic E-state index is 10.8. The van der Waals surface area contributed by atoms with E-state index in [4.69, 9.17) is 4.74 Å². The van der Waals surface area contributed by atoms with Gasteiger partial charge in [-0.1, -0.05) is 12.1 Å². The molecule has 19 heavy (non-hydrogen) atoms. The number of ether oxygens (including phenoxy) is 1. The van der Waals surface area contributed by atoms with Gasteiger partial charge in [0.1, 0.15) is 5.75 Å². The molecule has 7 nitrogen and oxygen atoms in total. The van der Waals surface area contributed by atoms with Gasteiger partial charge in [0.05, 0.1) is 7.11 Å². The summed E-state index contributed by atoms with van der Waals surface area (Å²) in [4.78, 5) is 14.0. The van der Waals surface area contributed by atoms with Gasteiger partial charge < -0.3 is 20.2 Å². The summed E-state index contributed by atoms with van der Waals surface area (Å²) in [5.74, 6) is 0.956. The zero-order valence-corrected chi connectivity index (χ0v) is 10.7. The summed E-state index contributed by atoms with van der Waals surface area (Å²) >= 11 is 0. The Morgan fingerprint density at radius 3 is 3.00 bits per heavy atom. The topological polar surface area (TPSA) is 82.2 Å². The molecule has 0 spiro atoms. The highest BCUT2D eigenvalue weighted by Crippen LogP contribution is 2.22. The van der Waals surface area contributed by atoms with E-state index in [1.807, 2.05) is 24.3 Å². The normalized spacial score (nSPS) is 10.2. The van der Waals surface area contributed by atoms with Gasteiger partial charge in [0.2, 0.25) is 12.1 Å². The lowest BCUT2D eigenvalue weighted by atomic mass is 10.2. The second-order valence-corrected chi connectivity index (χ2v) is 3.99. The number of hydrogen-bond acceptors (Lipinski definition) is 5. The van der Waals surface area contributed by atoms with E-state index in [9.17, 15) is 10.1 Å². The van der Waals surface area contributed by atoms with Gasteiger partial charge >= 0.3 is 5.82 Å². The molecule has 1 aromatic carbocycles. The first kappa shape index (κ1) is 12.9. The van der Waals surface area contributed by atoms with Crippen LogP contribution in [-0.2, 0) is 13.6 Å². The van der Waals surface area contributed by atoms with Gasteiger partial charge in [-0.05, 0) is 27.6 Å². The number of anilines is 1. The van der Waals surface area contributed by atoms with Crippen LogP contribution in [0.1, 0.15) is 5.56 Å². The third-order valence-electron chi connectivity index (χ3n) is 2.68. The van der Waals surface area contributed by atoms with Crippen molar-refractivity contribution in [3.63, 3.8) is 0 Å². The number of nitro groups is 1. The Morgan fingerprint density at radius 2 is 2.32 bits per heavy atom. The van der Waals surface area contributed by atoms with E-state index in [1.54, 1.807) is 18.7 Å². The van der Waals surface area contributed by atoms with Crippen LogP contribution in [0.3, 0.4) is 0 Å². The van der Waals surface area contributed by atoms with Crippen LogP contribution >= 0.6 is 0 Å². The molecule has 0 aliphatic heterocycles. The van der Waals surface area contributed by atoms with Crippen molar-refractivity contribution < 1.29 is 9.66 Å². The van der Waals surface area contributed by atoms with Gasteiger partial charge in [0.25, 0.3) is 0 Å². The summed E-state index contributed by atoms with van der Waals surface area (Å²) in [6.45, 7) is 0.456. The molecule has 100 valence electrons. The molecule has 2 rings (SSSR count). The third-order valence-corrected chi connectivity index (χ3v) is 2.68. The van der Waals surface area contributed by atoms with Crippen LogP contribution in [0.25, 0.3) is 0 Å². The van der Waals surface area contributed by atoms with E-state index in [-0.39, 0.29) is 5.82 Å². The molecule has 0 bridgehead atoms. The minimum absolute atomic E-state index is 0.176. The van der Waals surface area contributed by atoms with Crippen molar-refractivity contribution in [1.82, 2.24) is 9.55 Å². The van der Waals surface area contributed by atoms with E-state index < -0.39 is 4.92 Å². The van der Waals surface area contributed by atoms with Crippen molar-refractivity contribution in [3.05, 3.63) is 46.3 Å². The van der Waals surface area contributed by atoms with Gasteiger partial charge in [0, 0.05) is 13.6 Å². The number of nitrogens with zero attached hydrogens (tertiary/aromatic N) is 3. The standard InChI is InChI=1S/C12H14N4O3/c1-15-8-14-12(16(17)18)11(15)13-7-9-4-3-5-10(6-9)19-2/h3-6,8,13H,7H2,1-2H3. The lowest BCUT2D eigenvalue weighted by Crippen LogP contribution is -2.05. The van der Waals surface area contributed by atoms with Gasteiger partial charge in [-0.15, -0.1) is 0 Å². The predicted molar refractivity (Wildman–Crippen MR) is 70.2 cm³/mol. The lowest BCUT2D eigenvalue weighted by molar-refractivity contribution is -0.388. The van der Waals surface area contributed by atoms with Crippen molar-refractivity contribution in [1.29, 1.82) is 0 Å². The highest BCUT2D eigenvalue weighted by molar-refractivity contribution is 5.52. The monoisotopic (exact) mass is 262 g/mol. The molecule has 0 aliphatic carbocycles. The molecule has 0 atom stereocenters. The number of imidazole rings is 1. The lowest BCUT2D eigenvalue weighted by Gasteiger charge is -2.07. The van der Waals surface area contributed by atoms with Gasteiger partial charge in [-0.2, -0.15) is 0 Å². The first-order valence-corrected chi connectivity index (χ1v) is 5.64. The fraction of sp³-hybridized carbons (Fsp3) is 0.250. The Bertz CT molecular complexity index is 594. The maximum atomic E-state index is 10.8. The highest BCUT2D eigenvalue weighted by atomic mass is 16.6. The largest absolute Gasteiger partial charge is 0.497 e. The second-order valence-electron chi connectivity index (χ2n) is 3.99. The highest BCUT2D eigenvalue weighted by Gasteiger charge is 2.19. The molecular weight excluding hydrogens is 248 g/mol. The summed E-state index contributed by atoms with van der Waals surface area (Å²) in [7, 11) is 3.30. The molecule has 0 saturated heterocycles. The van der Waals surface area contributed by atoms with Crippen LogP contribution in [-0.4, -0.2) is 21.6 Å². The van der Waals surface area contributed by atoms with Crippen molar-refractivity contribution in [2.45, 2.75) is 6.54 Å². The van der Waals surface area contributed by atoms with E-state index >= 15 is 0 Å². The Kier molecular flexibility index (Phi) is 3.65.